The average Bonchev–Trinajstić information content (AvgIpc) is 2.24. The summed E-state index contributed by atoms with van der Waals surface area (Å²) in [4.78, 5) is 14.2. The number of aryl methyl sites for hydroxylation is 1. The molecule has 0 bridgehead atoms. The van der Waals surface area contributed by atoms with Crippen LogP contribution < -0.4 is 10.1 Å². The zero-order valence-corrected chi connectivity index (χ0v) is 9.84. The van der Waals surface area contributed by atoms with Crippen molar-refractivity contribution in [3.63, 3.8) is 0 Å². The predicted octanol–water partition coefficient (Wildman–Crippen LogP) is 1.43. The SMILES string of the molecule is CNC1CC(Oc2ccc(C)nc2[N+](=O)[O-])C1. The van der Waals surface area contributed by atoms with E-state index in [1.807, 2.05) is 7.05 Å². The predicted molar refractivity (Wildman–Crippen MR) is 62.1 cm³/mol. The molecule has 1 aliphatic rings. The highest BCUT2D eigenvalue weighted by Gasteiger charge is 2.31. The van der Waals surface area contributed by atoms with Crippen molar-refractivity contribution in [2.24, 2.45) is 0 Å². The molecule has 92 valence electrons. The summed E-state index contributed by atoms with van der Waals surface area (Å²) in [5.74, 6) is 0.0676. The van der Waals surface area contributed by atoms with Crippen molar-refractivity contribution in [3.8, 4) is 5.75 Å². The van der Waals surface area contributed by atoms with Gasteiger partial charge in [0.05, 0.1) is 0 Å². The Labute approximate surface area is 99.2 Å². The molecule has 6 heteroatoms. The van der Waals surface area contributed by atoms with Gasteiger partial charge >= 0.3 is 5.82 Å². The molecule has 1 N–H and O–H groups in total. The molecule has 0 aliphatic heterocycles. The van der Waals surface area contributed by atoms with Gasteiger partial charge in [-0.3, -0.25) is 0 Å². The van der Waals surface area contributed by atoms with Crippen LogP contribution in [-0.4, -0.2) is 29.1 Å². The standard InChI is InChI=1S/C11H15N3O3/c1-7-3-4-10(11(13-7)14(15)16)17-9-5-8(6-9)12-2/h3-4,8-9,12H,5-6H2,1-2H3. The lowest BCUT2D eigenvalue weighted by Gasteiger charge is -2.34. The van der Waals surface area contributed by atoms with Crippen molar-refractivity contribution in [1.29, 1.82) is 0 Å². The van der Waals surface area contributed by atoms with Gasteiger partial charge in [0.25, 0.3) is 0 Å². The van der Waals surface area contributed by atoms with Gasteiger partial charge in [-0.15, -0.1) is 0 Å². The summed E-state index contributed by atoms with van der Waals surface area (Å²) in [7, 11) is 1.90. The first-order chi connectivity index (χ1) is 8.10. The van der Waals surface area contributed by atoms with Gasteiger partial charge in [0, 0.05) is 13.0 Å². The van der Waals surface area contributed by atoms with Crippen molar-refractivity contribution >= 4 is 5.82 Å². The molecule has 1 saturated carbocycles. The zero-order valence-electron chi connectivity index (χ0n) is 9.84. The van der Waals surface area contributed by atoms with Gasteiger partial charge in [0.2, 0.25) is 5.75 Å². The molecule has 1 aromatic rings. The van der Waals surface area contributed by atoms with E-state index in [-0.39, 0.29) is 17.7 Å². The summed E-state index contributed by atoms with van der Waals surface area (Å²) >= 11 is 0. The molecule has 0 atom stereocenters. The van der Waals surface area contributed by atoms with Gasteiger partial charge in [-0.2, -0.15) is 0 Å². The molecule has 1 aromatic heterocycles. The third kappa shape index (κ3) is 2.52. The fourth-order valence-electron chi connectivity index (χ4n) is 1.83. The number of hydrogen-bond acceptors (Lipinski definition) is 5. The Hall–Kier alpha value is -1.69. The Morgan fingerprint density at radius 1 is 1.53 bits per heavy atom. The van der Waals surface area contributed by atoms with Crippen molar-refractivity contribution in [2.75, 3.05) is 7.05 Å². The molecule has 1 fully saturated rings. The first-order valence-corrected chi connectivity index (χ1v) is 5.56. The summed E-state index contributed by atoms with van der Waals surface area (Å²) in [6.07, 6.45) is 1.80. The van der Waals surface area contributed by atoms with E-state index in [2.05, 4.69) is 10.3 Å². The van der Waals surface area contributed by atoms with Crippen LogP contribution in [0.3, 0.4) is 0 Å². The van der Waals surface area contributed by atoms with Crippen LogP contribution in [0.2, 0.25) is 0 Å². The molecular weight excluding hydrogens is 222 g/mol. The van der Waals surface area contributed by atoms with Gasteiger partial charge in [0.1, 0.15) is 11.8 Å². The number of nitro groups is 1. The molecule has 0 aromatic carbocycles. The lowest BCUT2D eigenvalue weighted by Crippen LogP contribution is -2.45. The van der Waals surface area contributed by atoms with Crippen molar-refractivity contribution < 1.29 is 9.66 Å². The van der Waals surface area contributed by atoms with Crippen LogP contribution >= 0.6 is 0 Å². The van der Waals surface area contributed by atoms with Crippen LogP contribution in [0.1, 0.15) is 18.5 Å². The van der Waals surface area contributed by atoms with E-state index in [0.717, 1.165) is 12.8 Å². The monoisotopic (exact) mass is 237 g/mol. The quantitative estimate of drug-likeness (QED) is 0.633. The fraction of sp³-hybridized carbons (Fsp3) is 0.545. The number of aromatic nitrogens is 1. The van der Waals surface area contributed by atoms with E-state index in [4.69, 9.17) is 4.74 Å². The first-order valence-electron chi connectivity index (χ1n) is 5.56. The highest BCUT2D eigenvalue weighted by atomic mass is 16.6. The molecule has 0 unspecified atom stereocenters. The van der Waals surface area contributed by atoms with Gasteiger partial charge < -0.3 is 20.2 Å². The second-order valence-corrected chi connectivity index (χ2v) is 4.23. The van der Waals surface area contributed by atoms with Crippen LogP contribution in [-0.2, 0) is 0 Å². The fourth-order valence-corrected chi connectivity index (χ4v) is 1.83. The average molecular weight is 237 g/mol. The summed E-state index contributed by atoms with van der Waals surface area (Å²) in [5, 5.41) is 14.0. The van der Waals surface area contributed by atoms with E-state index >= 15 is 0 Å². The maximum Gasteiger partial charge on any atom is 0.406 e. The van der Waals surface area contributed by atoms with Gasteiger partial charge in [-0.25, -0.2) is 0 Å². The summed E-state index contributed by atoms with van der Waals surface area (Å²) in [6, 6.07) is 3.79. The van der Waals surface area contributed by atoms with Crippen LogP contribution in [0.15, 0.2) is 12.1 Å². The third-order valence-electron chi connectivity index (χ3n) is 2.95. The molecule has 0 spiro atoms. The molecule has 0 radical (unpaired) electrons. The third-order valence-corrected chi connectivity index (χ3v) is 2.95. The molecule has 6 nitrogen and oxygen atoms in total. The number of nitrogens with one attached hydrogen (secondary N) is 1. The number of pyridine rings is 1. The summed E-state index contributed by atoms with van der Waals surface area (Å²) < 4.78 is 5.59. The van der Waals surface area contributed by atoms with Crippen LogP contribution in [0.4, 0.5) is 5.82 Å². The van der Waals surface area contributed by atoms with Gasteiger partial charge in [0.15, 0.2) is 0 Å². The van der Waals surface area contributed by atoms with E-state index in [9.17, 15) is 10.1 Å². The number of nitrogens with zero attached hydrogens (tertiary/aromatic N) is 2. The van der Waals surface area contributed by atoms with Crippen LogP contribution in [0, 0.1) is 17.0 Å². The molecule has 1 heterocycles. The minimum absolute atomic E-state index is 0.0515. The topological polar surface area (TPSA) is 77.3 Å². The normalized spacial score (nSPS) is 22.9. The Bertz CT molecular complexity index is 430. The lowest BCUT2D eigenvalue weighted by molar-refractivity contribution is -0.390. The molecule has 2 rings (SSSR count). The van der Waals surface area contributed by atoms with Gasteiger partial charge in [-0.05, 0) is 41.9 Å². The summed E-state index contributed by atoms with van der Waals surface area (Å²) in [5.41, 5.74) is 0.616. The molecule has 0 amide bonds. The van der Waals surface area contributed by atoms with Crippen LogP contribution in [0.5, 0.6) is 5.75 Å². The van der Waals surface area contributed by atoms with E-state index < -0.39 is 4.92 Å². The molecule has 17 heavy (non-hydrogen) atoms. The minimum atomic E-state index is -0.503. The smallest absolute Gasteiger partial charge is 0.406 e. The second kappa shape index (κ2) is 4.67. The number of ether oxygens (including phenoxy) is 1. The Morgan fingerprint density at radius 3 is 2.82 bits per heavy atom. The van der Waals surface area contributed by atoms with E-state index in [0.29, 0.717) is 11.7 Å². The maximum absolute atomic E-state index is 10.8. The van der Waals surface area contributed by atoms with E-state index in [1.54, 1.807) is 19.1 Å². The van der Waals surface area contributed by atoms with Crippen molar-refractivity contribution in [3.05, 3.63) is 27.9 Å². The zero-order chi connectivity index (χ0) is 12.4. The van der Waals surface area contributed by atoms with Gasteiger partial charge in [-0.1, -0.05) is 0 Å². The van der Waals surface area contributed by atoms with Crippen molar-refractivity contribution in [2.45, 2.75) is 31.9 Å². The molecule has 0 saturated heterocycles. The highest BCUT2D eigenvalue weighted by Crippen LogP contribution is 2.30. The Kier molecular flexibility index (Phi) is 3.23. The number of hydrogen-bond donors (Lipinski definition) is 1. The largest absolute Gasteiger partial charge is 0.482 e. The minimum Gasteiger partial charge on any atom is -0.482 e. The molecule has 1 aliphatic carbocycles. The number of rotatable bonds is 4. The highest BCUT2D eigenvalue weighted by molar-refractivity contribution is 5.40. The van der Waals surface area contributed by atoms with Crippen molar-refractivity contribution in [1.82, 2.24) is 10.3 Å². The van der Waals surface area contributed by atoms with E-state index in [1.165, 1.54) is 0 Å². The summed E-state index contributed by atoms with van der Waals surface area (Å²) in [6.45, 7) is 1.72. The maximum atomic E-state index is 10.8. The second-order valence-electron chi connectivity index (χ2n) is 4.23. The molecular formula is C11H15N3O3. The first kappa shape index (κ1) is 11.8. The lowest BCUT2D eigenvalue weighted by atomic mass is 9.89. The van der Waals surface area contributed by atoms with Crippen LogP contribution in [0.25, 0.3) is 0 Å². The Morgan fingerprint density at radius 2 is 2.24 bits per heavy atom. The Balaban J connectivity index is 2.08.